The van der Waals surface area contributed by atoms with Crippen molar-refractivity contribution in [1.29, 1.82) is 0 Å². The fourth-order valence-electron chi connectivity index (χ4n) is 0.282. The third-order valence-corrected chi connectivity index (χ3v) is 0.594. The number of aliphatic hydroxyl groups excluding tert-OH is 1. The van der Waals surface area contributed by atoms with E-state index < -0.39 is 5.97 Å². The third-order valence-electron chi connectivity index (χ3n) is 0.594. The zero-order valence-corrected chi connectivity index (χ0v) is 4.87. The molecule has 0 radical (unpaired) electrons. The van der Waals surface area contributed by atoms with Gasteiger partial charge in [0.25, 0.3) is 0 Å². The standard InChI is InChI=1S/C5H9NO3/c7-3-1-2-6-4-5(8)9/h1-2,6-7H,3-4H2,(H,8,9)/b2-1+. The Bertz CT molecular complexity index is 111. The van der Waals surface area contributed by atoms with Crippen molar-refractivity contribution < 1.29 is 15.0 Å². The normalized spacial score (nSPS) is 9.89. The summed E-state index contributed by atoms with van der Waals surface area (Å²) in [5.41, 5.74) is 0. The largest absolute Gasteiger partial charge is 0.480 e. The van der Waals surface area contributed by atoms with E-state index in [1.54, 1.807) is 0 Å². The van der Waals surface area contributed by atoms with Crippen LogP contribution in [-0.2, 0) is 4.79 Å². The number of hydrogen-bond donors (Lipinski definition) is 3. The predicted molar refractivity (Wildman–Crippen MR) is 31.9 cm³/mol. The Balaban J connectivity index is 3.09. The Morgan fingerprint density at radius 1 is 1.67 bits per heavy atom. The van der Waals surface area contributed by atoms with Crippen LogP contribution in [0.25, 0.3) is 0 Å². The molecule has 0 unspecified atom stereocenters. The monoisotopic (exact) mass is 131 g/mol. The summed E-state index contributed by atoms with van der Waals surface area (Å²) in [5.74, 6) is -0.919. The minimum atomic E-state index is -0.919. The molecule has 9 heavy (non-hydrogen) atoms. The molecule has 0 bridgehead atoms. The molecule has 0 saturated carbocycles. The minimum absolute atomic E-state index is 0.0768. The van der Waals surface area contributed by atoms with E-state index in [2.05, 4.69) is 5.32 Å². The van der Waals surface area contributed by atoms with E-state index in [1.807, 2.05) is 0 Å². The van der Waals surface area contributed by atoms with Gasteiger partial charge in [-0.05, 0) is 12.3 Å². The fraction of sp³-hybridized carbons (Fsp3) is 0.400. The first-order valence-electron chi connectivity index (χ1n) is 2.48. The van der Waals surface area contributed by atoms with E-state index in [1.165, 1.54) is 12.3 Å². The molecule has 0 atom stereocenters. The van der Waals surface area contributed by atoms with Crippen LogP contribution in [0.4, 0.5) is 0 Å². The van der Waals surface area contributed by atoms with Gasteiger partial charge in [-0.3, -0.25) is 4.79 Å². The first-order chi connectivity index (χ1) is 4.27. The van der Waals surface area contributed by atoms with Gasteiger partial charge in [0.15, 0.2) is 0 Å². The molecule has 0 spiro atoms. The number of hydrogen-bond acceptors (Lipinski definition) is 3. The van der Waals surface area contributed by atoms with Crippen LogP contribution in [0.15, 0.2) is 12.3 Å². The van der Waals surface area contributed by atoms with Gasteiger partial charge in [-0.1, -0.05) is 0 Å². The van der Waals surface area contributed by atoms with E-state index in [0.717, 1.165) is 0 Å². The van der Waals surface area contributed by atoms with Crippen LogP contribution in [-0.4, -0.2) is 29.3 Å². The van der Waals surface area contributed by atoms with E-state index in [9.17, 15) is 4.79 Å². The topological polar surface area (TPSA) is 69.6 Å². The van der Waals surface area contributed by atoms with E-state index in [4.69, 9.17) is 10.2 Å². The molecule has 0 aromatic carbocycles. The Hall–Kier alpha value is -1.03. The highest BCUT2D eigenvalue weighted by atomic mass is 16.4. The lowest BCUT2D eigenvalue weighted by Gasteiger charge is -1.90. The first-order valence-corrected chi connectivity index (χ1v) is 2.48. The molecule has 0 heterocycles. The maximum absolute atomic E-state index is 9.80. The summed E-state index contributed by atoms with van der Waals surface area (Å²) in [5, 5.41) is 18.7. The summed E-state index contributed by atoms with van der Waals surface area (Å²) in [6.45, 7) is -0.191. The summed E-state index contributed by atoms with van der Waals surface area (Å²) in [7, 11) is 0. The van der Waals surface area contributed by atoms with Crippen molar-refractivity contribution in [2.45, 2.75) is 0 Å². The van der Waals surface area contributed by atoms with Gasteiger partial charge in [0.05, 0.1) is 6.61 Å². The van der Waals surface area contributed by atoms with Crippen molar-refractivity contribution in [2.75, 3.05) is 13.2 Å². The van der Waals surface area contributed by atoms with Crippen LogP contribution >= 0.6 is 0 Å². The molecule has 4 nitrogen and oxygen atoms in total. The van der Waals surface area contributed by atoms with E-state index >= 15 is 0 Å². The molecule has 0 aromatic rings. The quantitative estimate of drug-likeness (QED) is 0.465. The second-order valence-corrected chi connectivity index (χ2v) is 1.36. The van der Waals surface area contributed by atoms with Crippen molar-refractivity contribution in [1.82, 2.24) is 5.32 Å². The lowest BCUT2D eigenvalue weighted by atomic mass is 10.6. The number of aliphatic carboxylic acids is 1. The molecule has 0 saturated heterocycles. The van der Waals surface area contributed by atoms with Crippen LogP contribution in [0.2, 0.25) is 0 Å². The van der Waals surface area contributed by atoms with Crippen molar-refractivity contribution in [3.05, 3.63) is 12.3 Å². The number of carbonyl (C=O) groups is 1. The molecule has 0 amide bonds. The van der Waals surface area contributed by atoms with E-state index in [-0.39, 0.29) is 13.2 Å². The highest BCUT2D eigenvalue weighted by Gasteiger charge is 1.88. The summed E-state index contributed by atoms with van der Waals surface area (Å²) in [4.78, 5) is 9.80. The molecule has 0 rings (SSSR count). The second-order valence-electron chi connectivity index (χ2n) is 1.36. The van der Waals surface area contributed by atoms with Gasteiger partial charge in [0.1, 0.15) is 6.54 Å². The maximum atomic E-state index is 9.80. The van der Waals surface area contributed by atoms with Gasteiger partial charge in [0, 0.05) is 0 Å². The molecular weight excluding hydrogens is 122 g/mol. The van der Waals surface area contributed by atoms with Crippen LogP contribution in [0.5, 0.6) is 0 Å². The Morgan fingerprint density at radius 3 is 2.78 bits per heavy atom. The molecule has 3 N–H and O–H groups in total. The summed E-state index contributed by atoms with van der Waals surface area (Å²) >= 11 is 0. The minimum Gasteiger partial charge on any atom is -0.480 e. The van der Waals surface area contributed by atoms with Crippen LogP contribution in [0, 0.1) is 0 Å². The van der Waals surface area contributed by atoms with Gasteiger partial charge in [0.2, 0.25) is 0 Å². The Morgan fingerprint density at radius 2 is 2.33 bits per heavy atom. The lowest BCUT2D eigenvalue weighted by molar-refractivity contribution is -0.135. The van der Waals surface area contributed by atoms with Gasteiger partial charge in [-0.25, -0.2) is 0 Å². The third kappa shape index (κ3) is 6.97. The van der Waals surface area contributed by atoms with Gasteiger partial charge in [-0.2, -0.15) is 0 Å². The van der Waals surface area contributed by atoms with Crippen molar-refractivity contribution in [3.63, 3.8) is 0 Å². The number of carboxylic acids is 1. The molecule has 4 heteroatoms. The molecule has 0 fully saturated rings. The molecule has 52 valence electrons. The number of nitrogens with one attached hydrogen (secondary N) is 1. The lowest BCUT2D eigenvalue weighted by Crippen LogP contribution is -2.16. The van der Waals surface area contributed by atoms with Crippen molar-refractivity contribution in [2.24, 2.45) is 0 Å². The van der Waals surface area contributed by atoms with Gasteiger partial charge in [-0.15, -0.1) is 0 Å². The smallest absolute Gasteiger partial charge is 0.322 e. The molecule has 0 aliphatic heterocycles. The molecule has 0 aliphatic rings. The zero-order valence-electron chi connectivity index (χ0n) is 4.87. The van der Waals surface area contributed by atoms with Crippen LogP contribution in [0.1, 0.15) is 0 Å². The summed E-state index contributed by atoms with van der Waals surface area (Å²) in [6, 6.07) is 0. The highest BCUT2D eigenvalue weighted by molar-refractivity contribution is 5.69. The maximum Gasteiger partial charge on any atom is 0.322 e. The molecule has 0 aromatic heterocycles. The average molecular weight is 131 g/mol. The number of carboxylic acid groups (broad SMARTS) is 1. The van der Waals surface area contributed by atoms with Crippen molar-refractivity contribution >= 4 is 5.97 Å². The van der Waals surface area contributed by atoms with Crippen LogP contribution < -0.4 is 5.32 Å². The first kappa shape index (κ1) is 7.97. The summed E-state index contributed by atoms with van der Waals surface area (Å²) in [6.07, 6.45) is 2.82. The molecular formula is C5H9NO3. The highest BCUT2D eigenvalue weighted by Crippen LogP contribution is 1.64. The Kier molecular flexibility index (Phi) is 4.53. The fourth-order valence-corrected chi connectivity index (χ4v) is 0.282. The zero-order chi connectivity index (χ0) is 7.11. The number of rotatable bonds is 4. The number of aliphatic hydroxyl groups is 1. The Labute approximate surface area is 52.8 Å². The summed E-state index contributed by atoms with van der Waals surface area (Å²) < 4.78 is 0. The SMILES string of the molecule is O=C(O)CN/C=C/CO. The van der Waals surface area contributed by atoms with Crippen LogP contribution in [0.3, 0.4) is 0 Å². The van der Waals surface area contributed by atoms with Crippen molar-refractivity contribution in [3.8, 4) is 0 Å². The van der Waals surface area contributed by atoms with Gasteiger partial charge < -0.3 is 15.5 Å². The molecule has 0 aliphatic carbocycles. The van der Waals surface area contributed by atoms with Gasteiger partial charge >= 0.3 is 5.97 Å². The predicted octanol–water partition coefficient (Wildman–Crippen LogP) is -0.833. The second kappa shape index (κ2) is 5.11. The van der Waals surface area contributed by atoms with E-state index in [0.29, 0.717) is 0 Å². The average Bonchev–Trinajstić information content (AvgIpc) is 1.80.